The number of rotatable bonds is 5. The third-order valence-electron chi connectivity index (χ3n) is 10.6. The van der Waals surface area contributed by atoms with E-state index in [0.29, 0.717) is 0 Å². The summed E-state index contributed by atoms with van der Waals surface area (Å²) >= 11 is 0. The van der Waals surface area contributed by atoms with Crippen LogP contribution in [0.5, 0.6) is 0 Å². The smallest absolute Gasteiger partial charge is 0.106 e. The molecule has 0 saturated carbocycles. The van der Waals surface area contributed by atoms with E-state index < -0.39 is 0 Å². The molecular weight excluding hydrogens is 659 g/mol. The van der Waals surface area contributed by atoms with Crippen molar-refractivity contribution in [2.45, 2.75) is 0 Å². The highest BCUT2D eigenvalue weighted by Crippen LogP contribution is 2.55. The minimum Gasteiger partial charge on any atom is -0.248 e. The highest BCUT2D eigenvalue weighted by Gasteiger charge is 2.32. The molecule has 0 atom stereocenters. The van der Waals surface area contributed by atoms with Crippen LogP contribution in [0.3, 0.4) is 0 Å². The van der Waals surface area contributed by atoms with Crippen molar-refractivity contribution >= 4 is 22.1 Å². The van der Waals surface area contributed by atoms with Crippen molar-refractivity contribution < 1.29 is 0 Å². The molecule has 0 radical (unpaired) electrons. The standard InChI is InChI=1S/C49H29N5/c1-4-15-31(16-5-1)38-29-41-44(45-40(50-41)28-27-37-35-24-12-13-26-39(35)51-48(37)45)46(43(38)36-25-14-22-30-17-10-11-23-34(30)36)49-42(32-18-6-2-7-19-32)47(52-54-53-49)33-20-8-3-9-21-33/h1-29H. The van der Waals surface area contributed by atoms with Crippen LogP contribution in [0.1, 0.15) is 0 Å². The van der Waals surface area contributed by atoms with Crippen LogP contribution in [0.4, 0.5) is 11.4 Å². The Labute approximate surface area is 310 Å². The third kappa shape index (κ3) is 4.62. The second-order valence-corrected chi connectivity index (χ2v) is 13.7. The molecule has 250 valence electrons. The summed E-state index contributed by atoms with van der Waals surface area (Å²) in [5.74, 6) is 0. The molecule has 0 aliphatic carbocycles. The van der Waals surface area contributed by atoms with Gasteiger partial charge in [0.2, 0.25) is 0 Å². The summed E-state index contributed by atoms with van der Waals surface area (Å²) in [6.45, 7) is 0. The molecule has 3 heterocycles. The lowest BCUT2D eigenvalue weighted by Gasteiger charge is -2.23. The van der Waals surface area contributed by atoms with Gasteiger partial charge in [0, 0.05) is 43.8 Å². The van der Waals surface area contributed by atoms with E-state index in [1.54, 1.807) is 0 Å². The first-order valence-corrected chi connectivity index (χ1v) is 18.1. The van der Waals surface area contributed by atoms with Crippen molar-refractivity contribution in [3.05, 3.63) is 197 Å². The molecule has 5 heteroatoms. The predicted molar refractivity (Wildman–Crippen MR) is 216 cm³/mol. The van der Waals surface area contributed by atoms with Crippen LogP contribution in [0.2, 0.25) is 0 Å². The first kappa shape index (κ1) is 30.3. The van der Waals surface area contributed by atoms with Gasteiger partial charge in [-0.3, -0.25) is 0 Å². The van der Waals surface area contributed by atoms with Gasteiger partial charge in [-0.25, -0.2) is 9.98 Å². The SMILES string of the molecule is c1ccc(-c2cc3c(c(-c4nnnc(-c5ccccc5)c4-c4ccccc4)c2-c2cccc4ccccc24)-c2c4c(ccc2=N3)=c2ccccc2=N4)cc1. The number of para-hydroxylation sites is 1. The molecule has 11 rings (SSSR count). The summed E-state index contributed by atoms with van der Waals surface area (Å²) in [5, 5.41) is 20.8. The van der Waals surface area contributed by atoms with Gasteiger partial charge in [0.05, 0.1) is 22.1 Å². The van der Waals surface area contributed by atoms with Gasteiger partial charge in [-0.15, -0.1) is 10.2 Å². The van der Waals surface area contributed by atoms with Crippen LogP contribution >= 0.6 is 0 Å². The van der Waals surface area contributed by atoms with Gasteiger partial charge in [-0.2, -0.15) is 0 Å². The maximum absolute atomic E-state index is 5.38. The first-order valence-electron chi connectivity index (χ1n) is 18.1. The summed E-state index contributed by atoms with van der Waals surface area (Å²) in [6, 6.07) is 61.4. The highest BCUT2D eigenvalue weighted by atomic mass is 15.3. The largest absolute Gasteiger partial charge is 0.248 e. The zero-order chi connectivity index (χ0) is 35.6. The van der Waals surface area contributed by atoms with Crippen LogP contribution in [0.25, 0.3) is 77.8 Å². The molecule has 0 unspecified atom stereocenters. The van der Waals surface area contributed by atoms with E-state index in [9.17, 15) is 0 Å². The second kappa shape index (κ2) is 12.1. The van der Waals surface area contributed by atoms with Gasteiger partial charge in [-0.1, -0.05) is 152 Å². The molecule has 0 spiro atoms. The number of nitrogens with zero attached hydrogens (tertiary/aromatic N) is 5. The normalized spacial score (nSPS) is 12.0. The van der Waals surface area contributed by atoms with Gasteiger partial charge in [-0.05, 0) is 62.5 Å². The quantitative estimate of drug-likeness (QED) is 0.181. The molecule has 9 aromatic rings. The first-order chi connectivity index (χ1) is 26.8. The molecule has 0 amide bonds. The highest BCUT2D eigenvalue weighted by molar-refractivity contribution is 6.14. The Bertz CT molecular complexity index is 3190. The van der Waals surface area contributed by atoms with Crippen molar-refractivity contribution in [2.24, 2.45) is 9.98 Å². The molecule has 8 aromatic carbocycles. The fraction of sp³-hybridized carbons (Fsp3) is 0. The monoisotopic (exact) mass is 687 g/mol. The van der Waals surface area contributed by atoms with Crippen molar-refractivity contribution in [2.75, 3.05) is 0 Å². The summed E-state index contributed by atoms with van der Waals surface area (Å²) in [7, 11) is 0. The van der Waals surface area contributed by atoms with E-state index in [1.807, 2.05) is 30.3 Å². The molecule has 2 aliphatic heterocycles. The fourth-order valence-corrected chi connectivity index (χ4v) is 8.29. The topological polar surface area (TPSA) is 63.4 Å². The van der Waals surface area contributed by atoms with E-state index in [0.717, 1.165) is 110 Å². The molecule has 0 bridgehead atoms. The van der Waals surface area contributed by atoms with Gasteiger partial charge >= 0.3 is 0 Å². The average Bonchev–Trinajstić information content (AvgIpc) is 3.82. The third-order valence-corrected chi connectivity index (χ3v) is 10.6. The maximum atomic E-state index is 5.38. The van der Waals surface area contributed by atoms with Crippen molar-refractivity contribution in [3.63, 3.8) is 0 Å². The number of fused-ring (bicyclic) bond motifs is 7. The molecule has 0 fully saturated rings. The molecule has 1 aromatic heterocycles. The number of hydrogen-bond acceptors (Lipinski definition) is 5. The lowest BCUT2D eigenvalue weighted by atomic mass is 9.80. The van der Waals surface area contributed by atoms with Crippen LogP contribution in [-0.4, -0.2) is 15.4 Å². The fourth-order valence-electron chi connectivity index (χ4n) is 8.29. The number of hydrogen-bond donors (Lipinski definition) is 0. The van der Waals surface area contributed by atoms with E-state index in [4.69, 9.17) is 20.2 Å². The van der Waals surface area contributed by atoms with Gasteiger partial charge in [0.15, 0.2) is 0 Å². The summed E-state index contributed by atoms with van der Waals surface area (Å²) in [6.07, 6.45) is 0. The van der Waals surface area contributed by atoms with Crippen LogP contribution in [-0.2, 0) is 0 Å². The van der Waals surface area contributed by atoms with Crippen LogP contribution < -0.4 is 10.7 Å². The Morgan fingerprint density at radius 3 is 1.83 bits per heavy atom. The molecular formula is C49H29N5. The molecule has 2 aliphatic rings. The van der Waals surface area contributed by atoms with Crippen molar-refractivity contribution in [3.8, 4) is 67.0 Å². The lowest BCUT2D eigenvalue weighted by molar-refractivity contribution is 0.879. The van der Waals surface area contributed by atoms with Gasteiger partial charge < -0.3 is 0 Å². The zero-order valence-electron chi connectivity index (χ0n) is 29.0. The molecule has 0 N–H and O–H groups in total. The van der Waals surface area contributed by atoms with E-state index in [1.165, 1.54) is 0 Å². The predicted octanol–water partition coefficient (Wildman–Crippen LogP) is 10.8. The van der Waals surface area contributed by atoms with E-state index in [-0.39, 0.29) is 0 Å². The Hall–Kier alpha value is -7.37. The van der Waals surface area contributed by atoms with Crippen LogP contribution in [0, 0.1) is 10.4 Å². The Morgan fingerprint density at radius 1 is 0.352 bits per heavy atom. The Morgan fingerprint density at radius 2 is 1.02 bits per heavy atom. The number of benzene rings is 8. The minimum absolute atomic E-state index is 0.739. The van der Waals surface area contributed by atoms with E-state index in [2.05, 4.69) is 151 Å². The lowest BCUT2D eigenvalue weighted by Crippen LogP contribution is -2.05. The van der Waals surface area contributed by atoms with Crippen LogP contribution in [0.15, 0.2) is 186 Å². The molecule has 5 nitrogen and oxygen atoms in total. The number of aromatic nitrogens is 3. The Kier molecular flexibility index (Phi) is 6.79. The molecule has 0 saturated heterocycles. The second-order valence-electron chi connectivity index (χ2n) is 13.7. The van der Waals surface area contributed by atoms with E-state index >= 15 is 0 Å². The minimum atomic E-state index is 0.739. The van der Waals surface area contributed by atoms with Crippen molar-refractivity contribution in [1.82, 2.24) is 15.4 Å². The Balaban J connectivity index is 1.38. The average molecular weight is 688 g/mol. The maximum Gasteiger partial charge on any atom is 0.106 e. The summed E-state index contributed by atoms with van der Waals surface area (Å²) in [5.41, 5.74) is 13.5. The summed E-state index contributed by atoms with van der Waals surface area (Å²) < 4.78 is 0. The summed E-state index contributed by atoms with van der Waals surface area (Å²) in [4.78, 5) is 10.7. The van der Waals surface area contributed by atoms with Crippen molar-refractivity contribution in [1.29, 1.82) is 0 Å². The van der Waals surface area contributed by atoms with Gasteiger partial charge in [0.25, 0.3) is 0 Å². The van der Waals surface area contributed by atoms with Gasteiger partial charge in [0.1, 0.15) is 11.4 Å². The zero-order valence-corrected chi connectivity index (χ0v) is 29.0. The molecule has 54 heavy (non-hydrogen) atoms.